The Kier molecular flexibility index (Phi) is 3.32. The number of hydrogen-bond acceptors (Lipinski definition) is 5. The summed E-state index contributed by atoms with van der Waals surface area (Å²) in [6.07, 6.45) is 0. The molecule has 1 aromatic heterocycles. The predicted octanol–water partition coefficient (Wildman–Crippen LogP) is 2.53. The van der Waals surface area contributed by atoms with Crippen LogP contribution in [-0.2, 0) is 4.74 Å². The van der Waals surface area contributed by atoms with Crippen LogP contribution in [0, 0.1) is 6.92 Å². The molecule has 18 heavy (non-hydrogen) atoms. The van der Waals surface area contributed by atoms with Crippen LogP contribution in [0.25, 0.3) is 11.3 Å². The average molecular weight is 247 g/mol. The van der Waals surface area contributed by atoms with E-state index in [1.165, 1.54) is 6.07 Å². The summed E-state index contributed by atoms with van der Waals surface area (Å²) in [5, 5.41) is 13.2. The SMILES string of the molecule is CCOC(=O)c1cc(-c2ccc(O)c(C)c2)no1. The lowest BCUT2D eigenvalue weighted by molar-refractivity contribution is 0.0480. The second kappa shape index (κ2) is 4.91. The van der Waals surface area contributed by atoms with Gasteiger partial charge in [0.05, 0.1) is 6.61 Å². The number of ether oxygens (including phenoxy) is 1. The van der Waals surface area contributed by atoms with E-state index in [9.17, 15) is 9.90 Å². The summed E-state index contributed by atoms with van der Waals surface area (Å²) in [7, 11) is 0. The minimum absolute atomic E-state index is 0.0672. The Bertz CT molecular complexity index is 574. The highest BCUT2D eigenvalue weighted by Gasteiger charge is 2.15. The number of phenolic OH excluding ortho intramolecular Hbond substituents is 1. The predicted molar refractivity (Wildman–Crippen MR) is 64.3 cm³/mol. The number of aromatic hydroxyl groups is 1. The fraction of sp³-hybridized carbons (Fsp3) is 0.231. The quantitative estimate of drug-likeness (QED) is 0.844. The number of phenols is 1. The molecule has 0 bridgehead atoms. The molecular weight excluding hydrogens is 234 g/mol. The van der Waals surface area contributed by atoms with Crippen LogP contribution in [0.15, 0.2) is 28.8 Å². The highest BCUT2D eigenvalue weighted by molar-refractivity contribution is 5.87. The van der Waals surface area contributed by atoms with Crippen molar-refractivity contribution in [2.75, 3.05) is 6.61 Å². The van der Waals surface area contributed by atoms with Gasteiger partial charge in [-0.15, -0.1) is 0 Å². The molecule has 5 heteroatoms. The Balaban J connectivity index is 2.29. The second-order valence-electron chi connectivity index (χ2n) is 3.80. The molecule has 0 aliphatic carbocycles. The lowest BCUT2D eigenvalue weighted by atomic mass is 10.1. The third kappa shape index (κ3) is 2.34. The molecule has 0 radical (unpaired) electrons. The lowest BCUT2D eigenvalue weighted by Crippen LogP contribution is -2.02. The van der Waals surface area contributed by atoms with Gasteiger partial charge in [0.1, 0.15) is 11.4 Å². The van der Waals surface area contributed by atoms with Gasteiger partial charge in [-0.1, -0.05) is 5.16 Å². The fourth-order valence-corrected chi connectivity index (χ4v) is 1.52. The molecule has 5 nitrogen and oxygen atoms in total. The molecule has 0 saturated carbocycles. The summed E-state index contributed by atoms with van der Waals surface area (Å²) < 4.78 is 9.72. The number of benzene rings is 1. The van der Waals surface area contributed by atoms with E-state index in [1.807, 2.05) is 0 Å². The number of carbonyl (C=O) groups is 1. The Labute approximate surface area is 104 Å². The molecule has 0 fully saturated rings. The van der Waals surface area contributed by atoms with Crippen LogP contribution in [0.2, 0.25) is 0 Å². The van der Waals surface area contributed by atoms with Gasteiger partial charge in [0, 0.05) is 11.6 Å². The number of esters is 1. The van der Waals surface area contributed by atoms with Crippen molar-refractivity contribution in [3.05, 3.63) is 35.6 Å². The summed E-state index contributed by atoms with van der Waals surface area (Å²) >= 11 is 0. The number of hydrogen-bond donors (Lipinski definition) is 1. The Morgan fingerprint density at radius 2 is 2.22 bits per heavy atom. The molecule has 0 unspecified atom stereocenters. The summed E-state index contributed by atoms with van der Waals surface area (Å²) in [6.45, 7) is 3.79. The van der Waals surface area contributed by atoms with E-state index in [1.54, 1.807) is 32.0 Å². The molecule has 1 heterocycles. The van der Waals surface area contributed by atoms with Crippen molar-refractivity contribution < 1.29 is 19.2 Å². The van der Waals surface area contributed by atoms with Crippen LogP contribution in [-0.4, -0.2) is 22.8 Å². The summed E-state index contributed by atoms with van der Waals surface area (Å²) in [5.74, 6) is -0.253. The molecule has 0 aliphatic rings. The van der Waals surface area contributed by atoms with Crippen LogP contribution in [0.4, 0.5) is 0 Å². The van der Waals surface area contributed by atoms with E-state index in [4.69, 9.17) is 9.26 Å². The van der Waals surface area contributed by atoms with Crippen molar-refractivity contribution in [1.29, 1.82) is 0 Å². The molecule has 0 saturated heterocycles. The van der Waals surface area contributed by atoms with Gasteiger partial charge in [0.25, 0.3) is 0 Å². The van der Waals surface area contributed by atoms with E-state index in [2.05, 4.69) is 5.16 Å². The number of carbonyl (C=O) groups excluding carboxylic acids is 1. The van der Waals surface area contributed by atoms with E-state index in [-0.39, 0.29) is 18.1 Å². The molecular formula is C13H13NO4. The monoisotopic (exact) mass is 247 g/mol. The Morgan fingerprint density at radius 3 is 2.89 bits per heavy atom. The first kappa shape index (κ1) is 12.2. The van der Waals surface area contributed by atoms with Gasteiger partial charge in [0.15, 0.2) is 0 Å². The summed E-state index contributed by atoms with van der Waals surface area (Å²) in [5.41, 5.74) is 2.03. The molecule has 0 amide bonds. The smallest absolute Gasteiger partial charge is 0.377 e. The average Bonchev–Trinajstić information content (AvgIpc) is 2.82. The Morgan fingerprint density at radius 1 is 1.44 bits per heavy atom. The number of nitrogens with zero attached hydrogens (tertiary/aromatic N) is 1. The molecule has 0 aliphatic heterocycles. The van der Waals surface area contributed by atoms with Gasteiger partial charge in [0.2, 0.25) is 5.76 Å². The van der Waals surface area contributed by atoms with Crippen LogP contribution in [0.3, 0.4) is 0 Å². The fourth-order valence-electron chi connectivity index (χ4n) is 1.52. The first-order valence-electron chi connectivity index (χ1n) is 5.55. The van der Waals surface area contributed by atoms with E-state index < -0.39 is 5.97 Å². The maximum atomic E-state index is 11.4. The van der Waals surface area contributed by atoms with E-state index >= 15 is 0 Å². The first-order valence-corrected chi connectivity index (χ1v) is 5.55. The molecule has 0 spiro atoms. The molecule has 94 valence electrons. The van der Waals surface area contributed by atoms with Crippen molar-refractivity contribution in [2.45, 2.75) is 13.8 Å². The van der Waals surface area contributed by atoms with Gasteiger partial charge >= 0.3 is 5.97 Å². The normalized spacial score (nSPS) is 10.3. The molecule has 0 atom stereocenters. The molecule has 1 N–H and O–H groups in total. The van der Waals surface area contributed by atoms with Crippen LogP contribution >= 0.6 is 0 Å². The van der Waals surface area contributed by atoms with E-state index in [0.717, 1.165) is 11.1 Å². The number of aromatic nitrogens is 1. The molecule has 2 aromatic rings. The highest BCUT2D eigenvalue weighted by atomic mass is 16.6. The third-order valence-corrected chi connectivity index (χ3v) is 2.48. The second-order valence-corrected chi connectivity index (χ2v) is 3.80. The third-order valence-electron chi connectivity index (χ3n) is 2.48. The van der Waals surface area contributed by atoms with Gasteiger partial charge in [-0.05, 0) is 37.6 Å². The topological polar surface area (TPSA) is 72.6 Å². The van der Waals surface area contributed by atoms with Gasteiger partial charge in [-0.2, -0.15) is 0 Å². The van der Waals surface area contributed by atoms with Crippen LogP contribution in [0.5, 0.6) is 5.75 Å². The zero-order chi connectivity index (χ0) is 13.1. The van der Waals surface area contributed by atoms with E-state index in [0.29, 0.717) is 5.69 Å². The van der Waals surface area contributed by atoms with Crippen molar-refractivity contribution in [2.24, 2.45) is 0 Å². The van der Waals surface area contributed by atoms with Crippen molar-refractivity contribution in [3.63, 3.8) is 0 Å². The highest BCUT2D eigenvalue weighted by Crippen LogP contribution is 2.25. The zero-order valence-corrected chi connectivity index (χ0v) is 10.1. The minimum atomic E-state index is -0.535. The zero-order valence-electron chi connectivity index (χ0n) is 10.1. The van der Waals surface area contributed by atoms with Gasteiger partial charge < -0.3 is 14.4 Å². The van der Waals surface area contributed by atoms with Crippen molar-refractivity contribution in [3.8, 4) is 17.0 Å². The number of aryl methyl sites for hydroxylation is 1. The Hall–Kier alpha value is -2.30. The molecule has 2 rings (SSSR count). The largest absolute Gasteiger partial charge is 0.508 e. The summed E-state index contributed by atoms with van der Waals surface area (Å²) in [6, 6.07) is 6.56. The standard InChI is InChI=1S/C13H13NO4/c1-3-17-13(16)12-7-10(14-18-12)9-4-5-11(15)8(2)6-9/h4-7,15H,3H2,1-2H3. The van der Waals surface area contributed by atoms with Crippen LogP contribution < -0.4 is 0 Å². The lowest BCUT2D eigenvalue weighted by Gasteiger charge is -2.00. The van der Waals surface area contributed by atoms with Crippen LogP contribution in [0.1, 0.15) is 23.0 Å². The first-order chi connectivity index (χ1) is 8.61. The van der Waals surface area contributed by atoms with Gasteiger partial charge in [-0.25, -0.2) is 4.79 Å². The summed E-state index contributed by atoms with van der Waals surface area (Å²) in [4.78, 5) is 11.4. The maximum Gasteiger partial charge on any atom is 0.377 e. The minimum Gasteiger partial charge on any atom is -0.508 e. The van der Waals surface area contributed by atoms with Crippen molar-refractivity contribution in [1.82, 2.24) is 5.16 Å². The molecule has 1 aromatic carbocycles. The van der Waals surface area contributed by atoms with Crippen molar-refractivity contribution >= 4 is 5.97 Å². The number of rotatable bonds is 3. The van der Waals surface area contributed by atoms with Gasteiger partial charge in [-0.3, -0.25) is 0 Å². The maximum absolute atomic E-state index is 11.4.